The van der Waals surface area contributed by atoms with Gasteiger partial charge in [0.15, 0.2) is 0 Å². The van der Waals surface area contributed by atoms with Gasteiger partial charge in [0.05, 0.1) is 6.20 Å². The highest BCUT2D eigenvalue weighted by Gasteiger charge is 2.13. The van der Waals surface area contributed by atoms with E-state index in [1.54, 1.807) is 24.0 Å². The molecule has 0 saturated carbocycles. The first-order valence-electron chi connectivity index (χ1n) is 4.91. The van der Waals surface area contributed by atoms with E-state index < -0.39 is 0 Å². The van der Waals surface area contributed by atoms with Crippen molar-refractivity contribution in [1.82, 2.24) is 25.0 Å². The first-order chi connectivity index (χ1) is 7.70. The summed E-state index contributed by atoms with van der Waals surface area (Å²) in [6.07, 6.45) is 2.32. The Balaban J connectivity index is 2.11. The number of nitrogens with one attached hydrogen (secondary N) is 2. The molecule has 0 aliphatic heterocycles. The van der Waals surface area contributed by atoms with Crippen molar-refractivity contribution >= 4 is 11.7 Å². The Hall–Kier alpha value is -2.18. The molecule has 0 spiro atoms. The molecule has 0 aliphatic rings. The molecule has 16 heavy (non-hydrogen) atoms. The molecule has 2 rings (SSSR count). The summed E-state index contributed by atoms with van der Waals surface area (Å²) in [5.41, 5.74) is 0. The minimum absolute atomic E-state index is 0.137. The van der Waals surface area contributed by atoms with Crippen molar-refractivity contribution in [2.24, 2.45) is 7.05 Å². The normalized spacial score (nSPS) is 10.4. The summed E-state index contributed by atoms with van der Waals surface area (Å²) in [6, 6.07) is 1.70. The number of hydrogen-bond acceptors (Lipinski definition) is 4. The molecule has 7 nitrogen and oxygen atoms in total. The van der Waals surface area contributed by atoms with Crippen LogP contribution in [0.15, 0.2) is 12.3 Å². The van der Waals surface area contributed by atoms with Crippen LogP contribution in [0.3, 0.4) is 0 Å². The van der Waals surface area contributed by atoms with Gasteiger partial charge in [0, 0.05) is 19.5 Å². The van der Waals surface area contributed by atoms with Gasteiger partial charge in [0.25, 0.3) is 5.91 Å². The van der Waals surface area contributed by atoms with Crippen LogP contribution >= 0.6 is 0 Å². The largest absolute Gasteiger partial charge is 0.304 e. The third kappa shape index (κ3) is 1.92. The number of rotatable bonds is 3. The zero-order valence-electron chi connectivity index (χ0n) is 9.06. The molecular weight excluding hydrogens is 208 g/mol. The predicted molar refractivity (Wildman–Crippen MR) is 56.9 cm³/mol. The number of nitrogens with zero attached hydrogens (tertiary/aromatic N) is 4. The lowest BCUT2D eigenvalue weighted by molar-refractivity contribution is 0.101. The van der Waals surface area contributed by atoms with Crippen LogP contribution in [-0.2, 0) is 13.5 Å². The molecular formula is C9H12N6O. The lowest BCUT2D eigenvalue weighted by atomic mass is 10.4. The lowest BCUT2D eigenvalue weighted by Gasteiger charge is -2.01. The third-order valence-corrected chi connectivity index (χ3v) is 2.13. The average Bonchev–Trinajstić information content (AvgIpc) is 2.88. The molecule has 84 valence electrons. The number of H-pyrrole nitrogens is 1. The van der Waals surface area contributed by atoms with Crippen molar-refractivity contribution in [2.75, 3.05) is 5.32 Å². The first-order valence-corrected chi connectivity index (χ1v) is 4.91. The summed E-state index contributed by atoms with van der Waals surface area (Å²) in [4.78, 5) is 15.7. The molecule has 0 radical (unpaired) electrons. The Bertz CT molecular complexity index is 500. The number of aryl methyl sites for hydroxylation is 2. The molecule has 0 aromatic carbocycles. The fourth-order valence-corrected chi connectivity index (χ4v) is 1.22. The molecule has 2 aromatic heterocycles. The number of amides is 1. The standard InChI is InChI=1S/C9H12N6O/c1-3-6-11-8(14-13-6)9(16)12-7-4-5-10-15(7)2/h4-5H,3H2,1-2H3,(H,12,16)(H,11,13,14). The van der Waals surface area contributed by atoms with E-state index >= 15 is 0 Å². The second kappa shape index (κ2) is 4.13. The zero-order chi connectivity index (χ0) is 11.5. The van der Waals surface area contributed by atoms with Crippen molar-refractivity contribution in [3.63, 3.8) is 0 Å². The molecule has 0 fully saturated rings. The van der Waals surface area contributed by atoms with E-state index in [0.29, 0.717) is 18.1 Å². The van der Waals surface area contributed by atoms with E-state index in [0.717, 1.165) is 0 Å². The van der Waals surface area contributed by atoms with Crippen LogP contribution in [0.25, 0.3) is 0 Å². The summed E-state index contributed by atoms with van der Waals surface area (Å²) < 4.78 is 1.56. The van der Waals surface area contributed by atoms with Crippen LogP contribution in [0.1, 0.15) is 23.4 Å². The number of aromatic nitrogens is 5. The van der Waals surface area contributed by atoms with E-state index in [4.69, 9.17) is 0 Å². The first kappa shape index (κ1) is 10.3. The van der Waals surface area contributed by atoms with Gasteiger partial charge in [-0.3, -0.25) is 14.6 Å². The number of anilines is 1. The number of aromatic amines is 1. The maximum atomic E-state index is 11.7. The van der Waals surface area contributed by atoms with Gasteiger partial charge in [-0.25, -0.2) is 4.98 Å². The third-order valence-electron chi connectivity index (χ3n) is 2.13. The number of hydrogen-bond donors (Lipinski definition) is 2. The van der Waals surface area contributed by atoms with E-state index in [1.165, 1.54) is 0 Å². The lowest BCUT2D eigenvalue weighted by Crippen LogP contribution is -2.16. The molecule has 0 bridgehead atoms. The highest BCUT2D eigenvalue weighted by atomic mass is 16.2. The second-order valence-corrected chi connectivity index (χ2v) is 3.25. The van der Waals surface area contributed by atoms with Gasteiger partial charge >= 0.3 is 0 Å². The van der Waals surface area contributed by atoms with Gasteiger partial charge in [-0.05, 0) is 0 Å². The monoisotopic (exact) mass is 220 g/mol. The smallest absolute Gasteiger partial charge is 0.296 e. The Morgan fingerprint density at radius 3 is 3.00 bits per heavy atom. The maximum Gasteiger partial charge on any atom is 0.296 e. The molecule has 7 heteroatoms. The van der Waals surface area contributed by atoms with E-state index in [2.05, 4.69) is 25.6 Å². The molecule has 2 heterocycles. The summed E-state index contributed by atoms with van der Waals surface area (Å²) in [5.74, 6) is 1.08. The van der Waals surface area contributed by atoms with Gasteiger partial charge in [-0.15, -0.1) is 5.10 Å². The number of carbonyl (C=O) groups is 1. The molecule has 0 unspecified atom stereocenters. The quantitative estimate of drug-likeness (QED) is 0.781. The van der Waals surface area contributed by atoms with Crippen LogP contribution in [0.2, 0.25) is 0 Å². The van der Waals surface area contributed by atoms with Crippen LogP contribution < -0.4 is 5.32 Å². The predicted octanol–water partition coefficient (Wildman–Crippen LogP) is 0.353. The van der Waals surface area contributed by atoms with Gasteiger partial charge in [0.2, 0.25) is 5.82 Å². The molecule has 2 N–H and O–H groups in total. The highest BCUT2D eigenvalue weighted by Crippen LogP contribution is 2.05. The van der Waals surface area contributed by atoms with Gasteiger partial charge in [-0.2, -0.15) is 5.10 Å². The summed E-state index contributed by atoms with van der Waals surface area (Å²) in [7, 11) is 1.74. The summed E-state index contributed by atoms with van der Waals surface area (Å²) in [6.45, 7) is 1.93. The SMILES string of the molecule is CCc1nc(C(=O)Nc2ccnn2C)n[nH]1. The Morgan fingerprint density at radius 2 is 2.44 bits per heavy atom. The van der Waals surface area contributed by atoms with Crippen LogP contribution in [0.5, 0.6) is 0 Å². The van der Waals surface area contributed by atoms with Crippen LogP contribution in [0, 0.1) is 0 Å². The fraction of sp³-hybridized carbons (Fsp3) is 0.333. The minimum atomic E-state index is -0.348. The van der Waals surface area contributed by atoms with Crippen molar-refractivity contribution in [3.05, 3.63) is 23.9 Å². The van der Waals surface area contributed by atoms with Gasteiger partial charge in [0.1, 0.15) is 11.6 Å². The number of carbonyl (C=O) groups excluding carboxylic acids is 1. The second-order valence-electron chi connectivity index (χ2n) is 3.25. The Morgan fingerprint density at radius 1 is 1.62 bits per heavy atom. The molecule has 1 amide bonds. The van der Waals surface area contributed by atoms with Crippen molar-refractivity contribution in [1.29, 1.82) is 0 Å². The van der Waals surface area contributed by atoms with Crippen LogP contribution in [-0.4, -0.2) is 30.9 Å². The molecule has 2 aromatic rings. The Kier molecular flexibility index (Phi) is 2.67. The van der Waals surface area contributed by atoms with E-state index in [1.807, 2.05) is 6.92 Å². The van der Waals surface area contributed by atoms with Crippen molar-refractivity contribution < 1.29 is 4.79 Å². The van der Waals surface area contributed by atoms with Crippen LogP contribution in [0.4, 0.5) is 5.82 Å². The fourth-order valence-electron chi connectivity index (χ4n) is 1.22. The Labute approximate surface area is 91.9 Å². The van der Waals surface area contributed by atoms with E-state index in [-0.39, 0.29) is 11.7 Å². The maximum absolute atomic E-state index is 11.7. The van der Waals surface area contributed by atoms with Gasteiger partial charge < -0.3 is 5.32 Å². The minimum Gasteiger partial charge on any atom is -0.304 e. The van der Waals surface area contributed by atoms with Gasteiger partial charge in [-0.1, -0.05) is 6.92 Å². The molecule has 0 aliphatic carbocycles. The average molecular weight is 220 g/mol. The topological polar surface area (TPSA) is 88.5 Å². The van der Waals surface area contributed by atoms with E-state index in [9.17, 15) is 4.79 Å². The van der Waals surface area contributed by atoms with Crippen molar-refractivity contribution in [2.45, 2.75) is 13.3 Å². The van der Waals surface area contributed by atoms with Crippen molar-refractivity contribution in [3.8, 4) is 0 Å². The summed E-state index contributed by atoms with van der Waals surface area (Å²) in [5, 5.41) is 13.1. The molecule has 0 atom stereocenters. The zero-order valence-corrected chi connectivity index (χ0v) is 9.06. The highest BCUT2D eigenvalue weighted by molar-refractivity contribution is 6.00. The molecule has 0 saturated heterocycles. The summed E-state index contributed by atoms with van der Waals surface area (Å²) >= 11 is 0.